The lowest BCUT2D eigenvalue weighted by molar-refractivity contribution is 0.835. The van der Waals surface area contributed by atoms with Crippen LogP contribution in [0.15, 0.2) is 60.9 Å². The van der Waals surface area contributed by atoms with E-state index in [0.29, 0.717) is 0 Å². The minimum absolute atomic E-state index is 0.116. The molecule has 1 atom stereocenters. The summed E-state index contributed by atoms with van der Waals surface area (Å²) in [4.78, 5) is 0. The van der Waals surface area contributed by atoms with Gasteiger partial charge in [0.15, 0.2) is 0 Å². The molecule has 0 saturated carbocycles. The number of hydrogen-bond acceptors (Lipinski definition) is 2. The molecule has 2 heterocycles. The highest BCUT2D eigenvalue weighted by atomic mass is 15.3. The summed E-state index contributed by atoms with van der Waals surface area (Å²) in [7, 11) is 0. The Bertz CT molecular complexity index is 772. The zero-order valence-corrected chi connectivity index (χ0v) is 10.8. The molecule has 0 spiro atoms. The van der Waals surface area contributed by atoms with Crippen LogP contribution in [0.25, 0.3) is 12.3 Å². The molecule has 0 saturated heterocycles. The van der Waals surface area contributed by atoms with Gasteiger partial charge in [0.2, 0.25) is 0 Å². The normalized spacial score (nSPS) is 16.3. The topological polar surface area (TPSA) is 30.7 Å². The molecular weight excluding hydrogens is 246 g/mol. The lowest BCUT2D eigenvalue weighted by Gasteiger charge is -2.17. The van der Waals surface area contributed by atoms with E-state index in [9.17, 15) is 0 Å². The minimum atomic E-state index is 0.116. The van der Waals surface area contributed by atoms with E-state index < -0.39 is 0 Å². The highest BCUT2D eigenvalue weighted by Crippen LogP contribution is 2.35. The van der Waals surface area contributed by atoms with E-state index in [1.165, 1.54) is 16.7 Å². The Morgan fingerprint density at radius 2 is 1.70 bits per heavy atom. The first kappa shape index (κ1) is 11.2. The maximum atomic E-state index is 4.34. The summed E-state index contributed by atoms with van der Waals surface area (Å²) in [6.07, 6.45) is 5.90. The Kier molecular flexibility index (Phi) is 2.49. The summed E-state index contributed by atoms with van der Waals surface area (Å²) in [5, 5.41) is 8.39. The van der Waals surface area contributed by atoms with Crippen LogP contribution in [0.3, 0.4) is 0 Å². The van der Waals surface area contributed by atoms with Crippen molar-refractivity contribution in [2.45, 2.75) is 5.92 Å². The molecule has 3 nitrogen and oxygen atoms in total. The van der Waals surface area contributed by atoms with Crippen LogP contribution in [0, 0.1) is 0 Å². The predicted molar refractivity (Wildman–Crippen MR) is 79.1 cm³/mol. The maximum Gasteiger partial charge on any atom is 0.148 e. The first-order valence-corrected chi connectivity index (χ1v) is 6.65. The Morgan fingerprint density at radius 1 is 0.900 bits per heavy atom. The second kappa shape index (κ2) is 4.46. The van der Waals surface area contributed by atoms with Gasteiger partial charge in [-0.2, -0.15) is 0 Å². The number of fused-ring (bicyclic) bond motifs is 2. The lowest BCUT2D eigenvalue weighted by atomic mass is 9.88. The van der Waals surface area contributed by atoms with E-state index in [-0.39, 0.29) is 5.92 Å². The van der Waals surface area contributed by atoms with E-state index >= 15 is 0 Å². The summed E-state index contributed by atoms with van der Waals surface area (Å²) in [5.74, 6) is 1.07. The Balaban J connectivity index is 2.01. The van der Waals surface area contributed by atoms with Crippen LogP contribution in [0.5, 0.6) is 0 Å². The lowest BCUT2D eigenvalue weighted by Crippen LogP contribution is -2.08. The van der Waals surface area contributed by atoms with Crippen LogP contribution in [0.4, 0.5) is 0 Å². The number of hydrogen-bond donors (Lipinski definition) is 0. The van der Waals surface area contributed by atoms with Crippen molar-refractivity contribution in [3.63, 3.8) is 0 Å². The summed E-state index contributed by atoms with van der Waals surface area (Å²) in [5.41, 5.74) is 3.73. The van der Waals surface area contributed by atoms with Crippen molar-refractivity contribution in [2.75, 3.05) is 0 Å². The Labute approximate surface area is 117 Å². The first-order valence-electron chi connectivity index (χ1n) is 6.65. The van der Waals surface area contributed by atoms with Gasteiger partial charge in [-0.3, -0.25) is 4.57 Å². The average molecular weight is 259 g/mol. The van der Waals surface area contributed by atoms with E-state index in [1.807, 2.05) is 16.8 Å². The highest BCUT2D eigenvalue weighted by Gasteiger charge is 2.24. The van der Waals surface area contributed by atoms with Gasteiger partial charge in [0.25, 0.3) is 0 Å². The summed E-state index contributed by atoms with van der Waals surface area (Å²) in [6, 6.07) is 18.9. The molecule has 2 aromatic carbocycles. The molecule has 0 N–H and O–H groups in total. The molecule has 1 aliphatic rings. The summed E-state index contributed by atoms with van der Waals surface area (Å²) < 4.78 is 2.00. The van der Waals surface area contributed by atoms with Crippen LogP contribution in [-0.2, 0) is 0 Å². The van der Waals surface area contributed by atoms with E-state index in [2.05, 4.69) is 64.8 Å². The predicted octanol–water partition coefficient (Wildman–Crippen LogP) is 3.40. The quantitative estimate of drug-likeness (QED) is 0.524. The Hall–Kier alpha value is -2.68. The van der Waals surface area contributed by atoms with Gasteiger partial charge in [-0.15, -0.1) is 10.2 Å². The number of benzene rings is 2. The molecule has 1 unspecified atom stereocenters. The average Bonchev–Trinajstić information content (AvgIpc) is 2.90. The third-order valence-electron chi connectivity index (χ3n) is 3.71. The molecule has 1 aromatic heterocycles. The monoisotopic (exact) mass is 259 g/mol. The van der Waals surface area contributed by atoms with Crippen molar-refractivity contribution < 1.29 is 0 Å². The zero-order chi connectivity index (χ0) is 13.4. The van der Waals surface area contributed by atoms with Crippen molar-refractivity contribution in [3.8, 4) is 0 Å². The van der Waals surface area contributed by atoms with Crippen LogP contribution in [0.1, 0.15) is 28.4 Å². The molecule has 0 fully saturated rings. The van der Waals surface area contributed by atoms with Crippen molar-refractivity contribution >= 4 is 12.3 Å². The molecular formula is C17H13N3. The molecule has 20 heavy (non-hydrogen) atoms. The molecule has 1 aliphatic heterocycles. The number of rotatable bonds is 1. The molecule has 0 amide bonds. The zero-order valence-electron chi connectivity index (χ0n) is 10.8. The largest absolute Gasteiger partial charge is 0.292 e. The van der Waals surface area contributed by atoms with E-state index in [4.69, 9.17) is 0 Å². The Morgan fingerprint density at radius 3 is 2.60 bits per heavy atom. The van der Waals surface area contributed by atoms with E-state index in [1.54, 1.807) is 6.33 Å². The second-order valence-electron chi connectivity index (χ2n) is 4.88. The molecule has 4 rings (SSSR count). The smallest absolute Gasteiger partial charge is 0.148 e. The van der Waals surface area contributed by atoms with Crippen molar-refractivity contribution in [1.82, 2.24) is 14.8 Å². The van der Waals surface area contributed by atoms with Crippen molar-refractivity contribution in [3.05, 3.63) is 83.4 Å². The van der Waals surface area contributed by atoms with Gasteiger partial charge in [0.1, 0.15) is 12.2 Å². The minimum Gasteiger partial charge on any atom is -0.292 e. The fourth-order valence-corrected chi connectivity index (χ4v) is 2.77. The fraction of sp³-hybridized carbons (Fsp3) is 0.0588. The molecule has 0 aliphatic carbocycles. The molecule has 96 valence electrons. The SMILES string of the molecule is C1=Cn2cnnc2C(c2ccccc2)c2ccccc21. The maximum absolute atomic E-state index is 4.34. The summed E-state index contributed by atoms with van der Waals surface area (Å²) in [6.45, 7) is 0. The van der Waals surface area contributed by atoms with Crippen LogP contribution in [0.2, 0.25) is 0 Å². The molecule has 3 aromatic rings. The third-order valence-corrected chi connectivity index (χ3v) is 3.71. The molecule has 0 radical (unpaired) electrons. The molecule has 3 heteroatoms. The van der Waals surface area contributed by atoms with Gasteiger partial charge in [-0.05, 0) is 22.8 Å². The second-order valence-corrected chi connectivity index (χ2v) is 4.88. The van der Waals surface area contributed by atoms with Crippen LogP contribution in [-0.4, -0.2) is 14.8 Å². The summed E-state index contributed by atoms with van der Waals surface area (Å²) >= 11 is 0. The van der Waals surface area contributed by atoms with Gasteiger partial charge >= 0.3 is 0 Å². The van der Waals surface area contributed by atoms with Gasteiger partial charge < -0.3 is 0 Å². The fourth-order valence-electron chi connectivity index (χ4n) is 2.77. The van der Waals surface area contributed by atoms with Crippen LogP contribution < -0.4 is 0 Å². The number of nitrogens with zero attached hydrogens (tertiary/aromatic N) is 3. The van der Waals surface area contributed by atoms with Gasteiger partial charge in [-0.25, -0.2) is 0 Å². The van der Waals surface area contributed by atoms with Gasteiger partial charge in [0, 0.05) is 6.20 Å². The highest BCUT2D eigenvalue weighted by molar-refractivity contribution is 5.67. The van der Waals surface area contributed by atoms with Gasteiger partial charge in [-0.1, -0.05) is 54.6 Å². The van der Waals surface area contributed by atoms with Crippen molar-refractivity contribution in [1.29, 1.82) is 0 Å². The first-order chi connectivity index (χ1) is 9.93. The molecule has 0 bridgehead atoms. The number of aromatic nitrogens is 3. The third kappa shape index (κ3) is 1.67. The van der Waals surface area contributed by atoms with Crippen LogP contribution >= 0.6 is 0 Å². The van der Waals surface area contributed by atoms with E-state index in [0.717, 1.165) is 5.82 Å². The standard InChI is InChI=1S/C17H13N3/c1-2-7-14(8-3-1)16-15-9-5-4-6-13(15)10-11-20-12-18-19-17(16)20/h1-12,16H. The van der Waals surface area contributed by atoms with Gasteiger partial charge in [0.05, 0.1) is 5.92 Å². The van der Waals surface area contributed by atoms with Crippen molar-refractivity contribution in [2.24, 2.45) is 0 Å².